The lowest BCUT2D eigenvalue weighted by molar-refractivity contribution is -0.154. The molecule has 3 N–H and O–H groups in total. The van der Waals surface area contributed by atoms with Crippen molar-refractivity contribution in [3.8, 4) is 0 Å². The molecule has 0 bridgehead atoms. The van der Waals surface area contributed by atoms with E-state index >= 15 is 0 Å². The van der Waals surface area contributed by atoms with Crippen LogP contribution in [0, 0.1) is 0 Å². The molecule has 0 unspecified atom stereocenters. The van der Waals surface area contributed by atoms with Gasteiger partial charge in [-0.15, -0.1) is 0 Å². The van der Waals surface area contributed by atoms with Crippen LogP contribution in [0.1, 0.15) is 6.42 Å². The molecular formula is C14H18ClN3O3. The Morgan fingerprint density at radius 2 is 2.14 bits per heavy atom. The number of carbonyl (C=O) groups excluding carboxylic acids is 2. The molecule has 0 aromatic heterocycles. The van der Waals surface area contributed by atoms with Crippen molar-refractivity contribution in [1.29, 1.82) is 0 Å². The standard InChI is InChI=1S/C14H18ClN3O3/c15-10-1-3-11(4-2-10)17-13(19)9-12-14(20)18(6-5-16)7-8-21-12/h1-4,12H,5-9,16H2,(H,17,19)/t12-/m1/s1. The molecule has 1 atom stereocenters. The minimum atomic E-state index is -0.738. The molecule has 1 aliphatic rings. The third-order valence-corrected chi connectivity index (χ3v) is 3.42. The van der Waals surface area contributed by atoms with Gasteiger partial charge in [0.25, 0.3) is 5.91 Å². The van der Waals surface area contributed by atoms with E-state index < -0.39 is 6.10 Å². The van der Waals surface area contributed by atoms with Gasteiger partial charge in [-0.25, -0.2) is 0 Å². The normalized spacial score (nSPS) is 18.7. The van der Waals surface area contributed by atoms with Gasteiger partial charge in [-0.1, -0.05) is 11.6 Å². The number of carbonyl (C=O) groups is 2. The second-order valence-electron chi connectivity index (χ2n) is 4.73. The lowest BCUT2D eigenvalue weighted by Gasteiger charge is -2.31. The minimum absolute atomic E-state index is 0.0114. The molecule has 6 nitrogen and oxygen atoms in total. The third-order valence-electron chi connectivity index (χ3n) is 3.17. The molecule has 1 aromatic carbocycles. The first-order valence-corrected chi connectivity index (χ1v) is 7.14. The molecule has 21 heavy (non-hydrogen) atoms. The second kappa shape index (κ2) is 7.40. The van der Waals surface area contributed by atoms with E-state index in [0.29, 0.717) is 37.0 Å². The fourth-order valence-corrected chi connectivity index (χ4v) is 2.25. The highest BCUT2D eigenvalue weighted by molar-refractivity contribution is 6.30. The molecule has 1 saturated heterocycles. The van der Waals surface area contributed by atoms with E-state index in [1.807, 2.05) is 0 Å². The Kier molecular flexibility index (Phi) is 5.55. The molecule has 0 saturated carbocycles. The molecule has 0 spiro atoms. The lowest BCUT2D eigenvalue weighted by atomic mass is 10.1. The maximum Gasteiger partial charge on any atom is 0.252 e. The number of anilines is 1. The van der Waals surface area contributed by atoms with Crippen LogP contribution in [0.4, 0.5) is 5.69 Å². The summed E-state index contributed by atoms with van der Waals surface area (Å²) in [4.78, 5) is 25.7. The highest BCUT2D eigenvalue weighted by atomic mass is 35.5. The Labute approximate surface area is 128 Å². The van der Waals surface area contributed by atoms with E-state index in [1.54, 1.807) is 29.2 Å². The monoisotopic (exact) mass is 311 g/mol. The van der Waals surface area contributed by atoms with E-state index in [2.05, 4.69) is 5.32 Å². The van der Waals surface area contributed by atoms with Crippen LogP contribution in [-0.2, 0) is 14.3 Å². The van der Waals surface area contributed by atoms with Gasteiger partial charge in [0.2, 0.25) is 5.91 Å². The molecule has 114 valence electrons. The first kappa shape index (κ1) is 15.8. The van der Waals surface area contributed by atoms with Gasteiger partial charge in [-0.3, -0.25) is 9.59 Å². The highest BCUT2D eigenvalue weighted by Gasteiger charge is 2.30. The number of nitrogens with one attached hydrogen (secondary N) is 1. The van der Waals surface area contributed by atoms with Crippen molar-refractivity contribution >= 4 is 29.1 Å². The molecular weight excluding hydrogens is 294 g/mol. The van der Waals surface area contributed by atoms with Crippen molar-refractivity contribution in [1.82, 2.24) is 4.90 Å². The van der Waals surface area contributed by atoms with Crippen molar-refractivity contribution in [2.75, 3.05) is 31.6 Å². The van der Waals surface area contributed by atoms with Gasteiger partial charge in [0.1, 0.15) is 6.10 Å². The fraction of sp³-hybridized carbons (Fsp3) is 0.429. The van der Waals surface area contributed by atoms with Crippen molar-refractivity contribution < 1.29 is 14.3 Å². The summed E-state index contributed by atoms with van der Waals surface area (Å²) < 4.78 is 5.38. The van der Waals surface area contributed by atoms with Crippen molar-refractivity contribution in [2.24, 2.45) is 5.73 Å². The molecule has 1 fully saturated rings. The van der Waals surface area contributed by atoms with Crippen molar-refractivity contribution in [3.63, 3.8) is 0 Å². The number of ether oxygens (including phenoxy) is 1. The first-order chi connectivity index (χ1) is 10.1. The number of rotatable bonds is 5. The number of benzene rings is 1. The van der Waals surface area contributed by atoms with E-state index in [4.69, 9.17) is 22.1 Å². The molecule has 7 heteroatoms. The SMILES string of the molecule is NCCN1CCO[C@H](CC(=O)Nc2ccc(Cl)cc2)C1=O. The Hall–Kier alpha value is -1.63. The molecule has 2 amide bonds. The predicted octanol–water partition coefficient (Wildman–Crippen LogP) is 0.855. The number of amides is 2. The average Bonchev–Trinajstić information content (AvgIpc) is 2.46. The molecule has 0 radical (unpaired) electrons. The Bertz CT molecular complexity index is 505. The summed E-state index contributed by atoms with van der Waals surface area (Å²) in [5.74, 6) is -0.455. The van der Waals surface area contributed by atoms with Crippen LogP contribution in [0.2, 0.25) is 5.02 Å². The van der Waals surface area contributed by atoms with Gasteiger partial charge in [0.05, 0.1) is 13.0 Å². The topological polar surface area (TPSA) is 84.7 Å². The number of morpholine rings is 1. The van der Waals surface area contributed by atoms with Gasteiger partial charge in [0, 0.05) is 30.3 Å². The number of nitrogens with zero attached hydrogens (tertiary/aromatic N) is 1. The quantitative estimate of drug-likeness (QED) is 0.844. The summed E-state index contributed by atoms with van der Waals surface area (Å²) in [6.45, 7) is 1.82. The van der Waals surface area contributed by atoms with E-state index in [0.717, 1.165) is 0 Å². The largest absolute Gasteiger partial charge is 0.366 e. The number of halogens is 1. The summed E-state index contributed by atoms with van der Waals surface area (Å²) in [5.41, 5.74) is 6.09. The summed E-state index contributed by atoms with van der Waals surface area (Å²) in [6, 6.07) is 6.76. The number of hydrogen-bond acceptors (Lipinski definition) is 4. The van der Waals surface area contributed by atoms with Crippen LogP contribution < -0.4 is 11.1 Å². The van der Waals surface area contributed by atoms with E-state index in [-0.39, 0.29) is 18.2 Å². The zero-order chi connectivity index (χ0) is 15.2. The third kappa shape index (κ3) is 4.42. The van der Waals surface area contributed by atoms with Gasteiger partial charge in [0.15, 0.2) is 0 Å². The first-order valence-electron chi connectivity index (χ1n) is 6.76. The molecule has 1 aromatic rings. The molecule has 2 rings (SSSR count). The maximum absolute atomic E-state index is 12.1. The van der Waals surface area contributed by atoms with Crippen LogP contribution in [0.25, 0.3) is 0 Å². The summed E-state index contributed by atoms with van der Waals surface area (Å²) in [7, 11) is 0. The van der Waals surface area contributed by atoms with Crippen LogP contribution in [0.15, 0.2) is 24.3 Å². The van der Waals surface area contributed by atoms with Gasteiger partial charge >= 0.3 is 0 Å². The maximum atomic E-state index is 12.1. The molecule has 1 aliphatic heterocycles. The van der Waals surface area contributed by atoms with Gasteiger partial charge in [-0.2, -0.15) is 0 Å². The van der Waals surface area contributed by atoms with Crippen LogP contribution in [0.3, 0.4) is 0 Å². The Morgan fingerprint density at radius 3 is 2.81 bits per heavy atom. The lowest BCUT2D eigenvalue weighted by Crippen LogP contribution is -2.50. The minimum Gasteiger partial charge on any atom is -0.366 e. The van der Waals surface area contributed by atoms with Crippen molar-refractivity contribution in [2.45, 2.75) is 12.5 Å². The summed E-state index contributed by atoms with van der Waals surface area (Å²) in [6.07, 6.45) is -0.750. The van der Waals surface area contributed by atoms with Crippen molar-refractivity contribution in [3.05, 3.63) is 29.3 Å². The van der Waals surface area contributed by atoms with Crippen LogP contribution in [0.5, 0.6) is 0 Å². The zero-order valence-corrected chi connectivity index (χ0v) is 12.3. The van der Waals surface area contributed by atoms with E-state index in [9.17, 15) is 9.59 Å². The predicted molar refractivity (Wildman–Crippen MR) is 80.1 cm³/mol. The molecule has 1 heterocycles. The van der Waals surface area contributed by atoms with Gasteiger partial charge in [-0.05, 0) is 24.3 Å². The molecule has 0 aliphatic carbocycles. The smallest absolute Gasteiger partial charge is 0.252 e. The second-order valence-corrected chi connectivity index (χ2v) is 5.17. The zero-order valence-electron chi connectivity index (χ0n) is 11.5. The van der Waals surface area contributed by atoms with Crippen LogP contribution in [-0.4, -0.2) is 49.1 Å². The highest BCUT2D eigenvalue weighted by Crippen LogP contribution is 2.15. The summed E-state index contributed by atoms with van der Waals surface area (Å²) >= 11 is 5.78. The Morgan fingerprint density at radius 1 is 1.43 bits per heavy atom. The number of nitrogens with two attached hydrogens (primary N) is 1. The summed E-state index contributed by atoms with van der Waals surface area (Å²) in [5, 5.41) is 3.30. The van der Waals surface area contributed by atoms with E-state index in [1.165, 1.54) is 0 Å². The van der Waals surface area contributed by atoms with Crippen LogP contribution >= 0.6 is 11.6 Å². The Balaban J connectivity index is 1.89. The van der Waals surface area contributed by atoms with Gasteiger partial charge < -0.3 is 20.7 Å². The number of hydrogen-bond donors (Lipinski definition) is 2. The fourth-order valence-electron chi connectivity index (χ4n) is 2.13. The average molecular weight is 312 g/mol.